The number of rotatable bonds is 4. The van der Waals surface area contributed by atoms with Crippen LogP contribution in [0.25, 0.3) is 11.1 Å². The van der Waals surface area contributed by atoms with Gasteiger partial charge >= 0.3 is 5.97 Å². The Balaban J connectivity index is 1.16. The van der Waals surface area contributed by atoms with Crippen LogP contribution >= 0.6 is 0 Å². The number of likely N-dealkylation sites (tertiary alicyclic amines) is 1. The van der Waals surface area contributed by atoms with Gasteiger partial charge in [-0.15, -0.1) is 0 Å². The smallest absolute Gasteiger partial charge is 0.331 e. The molecule has 0 radical (unpaired) electrons. The molecule has 7 rings (SSSR count). The second-order valence-corrected chi connectivity index (χ2v) is 9.74. The van der Waals surface area contributed by atoms with Crippen molar-refractivity contribution in [3.63, 3.8) is 0 Å². The lowest BCUT2D eigenvalue weighted by Crippen LogP contribution is -2.40. The summed E-state index contributed by atoms with van der Waals surface area (Å²) in [5, 5.41) is 0. The van der Waals surface area contributed by atoms with E-state index >= 15 is 0 Å². The molecular formula is C27H25NO4. The highest BCUT2D eigenvalue weighted by Crippen LogP contribution is 2.65. The average Bonchev–Trinajstić information content (AvgIpc) is 3.57. The third kappa shape index (κ3) is 2.87. The second-order valence-electron chi connectivity index (χ2n) is 9.74. The zero-order valence-corrected chi connectivity index (χ0v) is 18.2. The molecule has 2 aromatic carbocycles. The topological polar surface area (TPSA) is 63.7 Å². The highest BCUT2D eigenvalue weighted by Gasteiger charge is 2.67. The molecule has 2 saturated carbocycles. The van der Waals surface area contributed by atoms with Crippen LogP contribution in [0.4, 0.5) is 0 Å². The first-order valence-electron chi connectivity index (χ1n) is 11.3. The molecule has 2 aromatic rings. The largest absolute Gasteiger partial charge is 0.425 e. The van der Waals surface area contributed by atoms with Crippen molar-refractivity contribution in [1.82, 2.24) is 4.90 Å². The summed E-state index contributed by atoms with van der Waals surface area (Å²) < 4.78 is 5.57. The molecule has 2 amide bonds. The van der Waals surface area contributed by atoms with Crippen LogP contribution in [0.1, 0.15) is 17.5 Å². The SMILES string of the molecule is Cc1ccc(-c2ccc(OC(=O)CN3C(=O)[C@@H]4[C@H]5C=C[C@@H]([C@@H]6C[C@@H]56)[C@H]4C3=O)c(C)c2)cc1. The van der Waals surface area contributed by atoms with Crippen LogP contribution in [-0.2, 0) is 14.4 Å². The molecular weight excluding hydrogens is 402 g/mol. The number of allylic oxidation sites excluding steroid dienone is 2. The summed E-state index contributed by atoms with van der Waals surface area (Å²) in [5.41, 5.74) is 4.15. The molecule has 32 heavy (non-hydrogen) atoms. The second kappa shape index (κ2) is 6.89. The van der Waals surface area contributed by atoms with E-state index in [1.54, 1.807) is 6.07 Å². The molecule has 1 saturated heterocycles. The van der Waals surface area contributed by atoms with Gasteiger partial charge < -0.3 is 4.74 Å². The quantitative estimate of drug-likeness (QED) is 0.321. The lowest BCUT2D eigenvalue weighted by atomic mass is 9.63. The van der Waals surface area contributed by atoms with Crippen molar-refractivity contribution in [3.05, 3.63) is 65.7 Å². The Bertz CT molecular complexity index is 1140. The number of hydrogen-bond donors (Lipinski definition) is 0. The molecule has 1 heterocycles. The molecule has 5 aliphatic rings. The molecule has 3 fully saturated rings. The average molecular weight is 428 g/mol. The van der Waals surface area contributed by atoms with Gasteiger partial charge in [0.05, 0.1) is 11.8 Å². The molecule has 0 unspecified atom stereocenters. The Labute approximate surface area is 187 Å². The van der Waals surface area contributed by atoms with Crippen LogP contribution in [0, 0.1) is 49.4 Å². The maximum Gasteiger partial charge on any atom is 0.331 e. The van der Waals surface area contributed by atoms with Crippen molar-refractivity contribution in [3.8, 4) is 16.9 Å². The Morgan fingerprint density at radius 2 is 1.50 bits per heavy atom. The van der Waals surface area contributed by atoms with Gasteiger partial charge in [-0.2, -0.15) is 0 Å². The minimum Gasteiger partial charge on any atom is -0.425 e. The Morgan fingerprint density at radius 1 is 0.906 bits per heavy atom. The minimum atomic E-state index is -0.581. The lowest BCUT2D eigenvalue weighted by molar-refractivity contribution is -0.148. The van der Waals surface area contributed by atoms with Crippen LogP contribution in [0.2, 0.25) is 0 Å². The molecule has 162 valence electrons. The summed E-state index contributed by atoms with van der Waals surface area (Å²) in [6.07, 6.45) is 5.38. The summed E-state index contributed by atoms with van der Waals surface area (Å²) in [6, 6.07) is 13.9. The molecule has 0 spiro atoms. The van der Waals surface area contributed by atoms with E-state index in [9.17, 15) is 14.4 Å². The van der Waals surface area contributed by atoms with Gasteiger partial charge in [0.2, 0.25) is 11.8 Å². The molecule has 4 aliphatic carbocycles. The van der Waals surface area contributed by atoms with Gasteiger partial charge in [-0.1, -0.05) is 48.0 Å². The predicted octanol–water partition coefficient (Wildman–Crippen LogP) is 3.93. The number of nitrogens with zero attached hydrogens (tertiary/aromatic N) is 1. The number of aryl methyl sites for hydroxylation is 2. The third-order valence-corrected chi connectivity index (χ3v) is 7.82. The monoisotopic (exact) mass is 427 g/mol. The molecule has 5 nitrogen and oxygen atoms in total. The summed E-state index contributed by atoms with van der Waals surface area (Å²) >= 11 is 0. The zero-order chi connectivity index (χ0) is 22.1. The van der Waals surface area contributed by atoms with Crippen LogP contribution in [0.5, 0.6) is 5.75 Å². The molecule has 5 heteroatoms. The first-order chi connectivity index (χ1) is 15.4. The third-order valence-electron chi connectivity index (χ3n) is 7.82. The fraction of sp³-hybridized carbons (Fsp3) is 0.370. The van der Waals surface area contributed by atoms with Crippen molar-refractivity contribution >= 4 is 17.8 Å². The molecule has 6 atom stereocenters. The Hall–Kier alpha value is -3.21. The number of imide groups is 1. The fourth-order valence-electron chi connectivity index (χ4n) is 6.15. The first-order valence-corrected chi connectivity index (χ1v) is 11.3. The van der Waals surface area contributed by atoms with Gasteiger partial charge in [0.15, 0.2) is 0 Å². The maximum absolute atomic E-state index is 13.0. The molecule has 2 bridgehead atoms. The van der Waals surface area contributed by atoms with E-state index < -0.39 is 5.97 Å². The minimum absolute atomic E-state index is 0.157. The van der Waals surface area contributed by atoms with Crippen molar-refractivity contribution in [2.75, 3.05) is 6.54 Å². The van der Waals surface area contributed by atoms with Crippen molar-refractivity contribution in [1.29, 1.82) is 0 Å². The van der Waals surface area contributed by atoms with E-state index in [0.717, 1.165) is 28.0 Å². The number of hydrogen-bond acceptors (Lipinski definition) is 4. The standard InChI is InChI=1S/C27H25NO4/c1-14-3-5-16(6-4-14)17-7-10-22(15(2)11-17)32-23(29)13-28-26(30)24-18-8-9-19(21-12-20(18)21)25(24)27(28)31/h3-11,18-21,24-25H,12-13H2,1-2H3/t18-,19-,20-,21-,24+,25+/m0/s1. The van der Waals surface area contributed by atoms with E-state index in [-0.39, 0.29) is 42.0 Å². The number of amides is 2. The van der Waals surface area contributed by atoms with Gasteiger partial charge in [0.1, 0.15) is 12.3 Å². The predicted molar refractivity (Wildman–Crippen MR) is 118 cm³/mol. The summed E-state index contributed by atoms with van der Waals surface area (Å²) in [4.78, 5) is 39.9. The normalized spacial score (nSPS) is 31.5. The van der Waals surface area contributed by atoms with Crippen LogP contribution in [-0.4, -0.2) is 29.2 Å². The molecule has 0 N–H and O–H groups in total. The van der Waals surface area contributed by atoms with Gasteiger partial charge in [-0.3, -0.25) is 14.5 Å². The Kier molecular flexibility index (Phi) is 4.19. The van der Waals surface area contributed by atoms with Crippen molar-refractivity contribution in [2.24, 2.45) is 35.5 Å². The summed E-state index contributed by atoms with van der Waals surface area (Å²) in [6.45, 7) is 3.61. The van der Waals surface area contributed by atoms with E-state index in [0.29, 0.717) is 17.6 Å². The number of esters is 1. The van der Waals surface area contributed by atoms with Gasteiger partial charge in [0.25, 0.3) is 0 Å². The zero-order valence-electron chi connectivity index (χ0n) is 18.2. The summed E-state index contributed by atoms with van der Waals surface area (Å²) in [5.74, 6) is 0.296. The van der Waals surface area contributed by atoms with Gasteiger partial charge in [-0.25, -0.2) is 4.79 Å². The van der Waals surface area contributed by atoms with E-state index in [4.69, 9.17) is 4.74 Å². The van der Waals surface area contributed by atoms with Gasteiger partial charge in [0, 0.05) is 0 Å². The van der Waals surface area contributed by atoms with E-state index in [2.05, 4.69) is 36.4 Å². The molecule has 1 aliphatic heterocycles. The van der Waals surface area contributed by atoms with Crippen LogP contribution in [0.15, 0.2) is 54.6 Å². The number of benzene rings is 2. The first kappa shape index (κ1) is 19.5. The maximum atomic E-state index is 13.0. The van der Waals surface area contributed by atoms with Crippen molar-refractivity contribution < 1.29 is 19.1 Å². The molecule has 0 aromatic heterocycles. The summed E-state index contributed by atoms with van der Waals surface area (Å²) in [7, 11) is 0. The number of carbonyl (C=O) groups excluding carboxylic acids is 3. The number of carbonyl (C=O) groups is 3. The van der Waals surface area contributed by atoms with E-state index in [1.807, 2.05) is 26.0 Å². The van der Waals surface area contributed by atoms with Crippen LogP contribution in [0.3, 0.4) is 0 Å². The van der Waals surface area contributed by atoms with Crippen LogP contribution < -0.4 is 4.74 Å². The van der Waals surface area contributed by atoms with E-state index in [1.165, 1.54) is 5.56 Å². The van der Waals surface area contributed by atoms with Crippen molar-refractivity contribution in [2.45, 2.75) is 20.3 Å². The van der Waals surface area contributed by atoms with Gasteiger partial charge in [-0.05, 0) is 72.8 Å². The fourth-order valence-corrected chi connectivity index (χ4v) is 6.15. The highest BCUT2D eigenvalue weighted by atomic mass is 16.5. The Morgan fingerprint density at radius 3 is 2.09 bits per heavy atom. The lowest BCUT2D eigenvalue weighted by Gasteiger charge is -2.37. The highest BCUT2D eigenvalue weighted by molar-refractivity contribution is 6.08. The number of ether oxygens (including phenoxy) is 1.